The largest absolute Gasteiger partial charge is 0.436 e. The van der Waals surface area contributed by atoms with E-state index in [1.807, 2.05) is 6.08 Å². The summed E-state index contributed by atoms with van der Waals surface area (Å²) in [4.78, 5) is 34.4. The van der Waals surface area contributed by atoms with E-state index in [0.29, 0.717) is 6.42 Å². The van der Waals surface area contributed by atoms with E-state index < -0.39 is 36.0 Å². The first-order valence-corrected chi connectivity index (χ1v) is 6.28. The third-order valence-corrected chi connectivity index (χ3v) is 4.22. The van der Waals surface area contributed by atoms with Crippen molar-refractivity contribution in [3.05, 3.63) is 11.6 Å². The molecule has 0 aromatic heterocycles. The first kappa shape index (κ1) is 12.3. The zero-order valence-corrected chi connectivity index (χ0v) is 10.4. The molecule has 102 valence electrons. The summed E-state index contributed by atoms with van der Waals surface area (Å²) in [6, 6.07) is 0. The normalized spacial score (nSPS) is 41.7. The Balaban J connectivity index is 1.87. The Labute approximate surface area is 109 Å². The number of aliphatic hydroxyl groups is 1. The maximum atomic E-state index is 11.6. The van der Waals surface area contributed by atoms with Crippen LogP contribution in [0.3, 0.4) is 0 Å². The number of rotatable bonds is 1. The molecule has 2 fully saturated rings. The van der Waals surface area contributed by atoms with Crippen LogP contribution in [-0.2, 0) is 23.9 Å². The van der Waals surface area contributed by atoms with Crippen LogP contribution in [-0.4, -0.2) is 29.3 Å². The van der Waals surface area contributed by atoms with Gasteiger partial charge in [-0.05, 0) is 19.3 Å². The molecule has 2 heterocycles. The number of carbonyl (C=O) groups excluding carboxylic acids is 3. The molecule has 0 aromatic rings. The van der Waals surface area contributed by atoms with Gasteiger partial charge in [-0.15, -0.1) is 0 Å². The molecule has 0 spiro atoms. The molecular formula is C13H14O6. The molecule has 5 unspecified atom stereocenters. The molecule has 0 bridgehead atoms. The highest BCUT2D eigenvalue weighted by atomic mass is 16.6. The van der Waals surface area contributed by atoms with Crippen LogP contribution in [0.15, 0.2) is 11.6 Å². The fourth-order valence-corrected chi connectivity index (χ4v) is 3.30. The van der Waals surface area contributed by atoms with E-state index >= 15 is 0 Å². The Kier molecular flexibility index (Phi) is 2.70. The average Bonchev–Trinajstić information content (AvgIpc) is 2.80. The van der Waals surface area contributed by atoms with E-state index in [9.17, 15) is 19.5 Å². The highest BCUT2D eigenvalue weighted by molar-refractivity contribution is 5.98. The Morgan fingerprint density at radius 3 is 2.63 bits per heavy atom. The summed E-state index contributed by atoms with van der Waals surface area (Å²) in [5.41, 5.74) is 0.767. The molecule has 6 nitrogen and oxygen atoms in total. The SMILES string of the molecule is CC1=CC(C2CC(=O)OC2O)CC2C(=O)OC(=O)C12. The standard InChI is InChI=1S/C13H14O6/c1-5-2-6(7-4-9(14)18-11(7)15)3-8-10(5)13(17)19-12(8)16/h2,6-8,10-11,15H,3-4H2,1H3. The smallest absolute Gasteiger partial charge is 0.321 e. The van der Waals surface area contributed by atoms with E-state index in [1.165, 1.54) is 0 Å². The van der Waals surface area contributed by atoms with Crippen molar-refractivity contribution in [1.82, 2.24) is 0 Å². The van der Waals surface area contributed by atoms with Crippen LogP contribution < -0.4 is 0 Å². The van der Waals surface area contributed by atoms with Crippen LogP contribution in [0.5, 0.6) is 0 Å². The highest BCUT2D eigenvalue weighted by Crippen LogP contribution is 2.44. The van der Waals surface area contributed by atoms with Crippen molar-refractivity contribution in [3.63, 3.8) is 0 Å². The minimum Gasteiger partial charge on any atom is -0.436 e. The van der Waals surface area contributed by atoms with Gasteiger partial charge >= 0.3 is 17.9 Å². The third kappa shape index (κ3) is 1.87. The van der Waals surface area contributed by atoms with Gasteiger partial charge in [0.1, 0.15) is 0 Å². The lowest BCUT2D eigenvalue weighted by atomic mass is 9.71. The molecule has 3 rings (SSSR count). The molecule has 1 N–H and O–H groups in total. The lowest BCUT2D eigenvalue weighted by Crippen LogP contribution is -2.32. The van der Waals surface area contributed by atoms with Crippen molar-refractivity contribution < 1.29 is 29.0 Å². The summed E-state index contributed by atoms with van der Waals surface area (Å²) < 4.78 is 9.38. The van der Waals surface area contributed by atoms with Crippen molar-refractivity contribution in [2.45, 2.75) is 26.1 Å². The fraction of sp³-hybridized carbons (Fsp3) is 0.615. The molecular weight excluding hydrogens is 252 g/mol. The van der Waals surface area contributed by atoms with Crippen LogP contribution in [0.2, 0.25) is 0 Å². The van der Waals surface area contributed by atoms with E-state index in [4.69, 9.17) is 4.74 Å². The molecule has 3 aliphatic rings. The van der Waals surface area contributed by atoms with E-state index in [-0.39, 0.29) is 18.3 Å². The van der Waals surface area contributed by atoms with Gasteiger partial charge < -0.3 is 14.6 Å². The summed E-state index contributed by atoms with van der Waals surface area (Å²) in [7, 11) is 0. The minimum atomic E-state index is -1.13. The quantitative estimate of drug-likeness (QED) is 0.413. The molecule has 19 heavy (non-hydrogen) atoms. The number of allylic oxidation sites excluding steroid dienone is 1. The van der Waals surface area contributed by atoms with Gasteiger partial charge in [0.2, 0.25) is 6.29 Å². The number of fused-ring (bicyclic) bond motifs is 1. The summed E-state index contributed by atoms with van der Waals surface area (Å²) in [5, 5.41) is 9.70. The second kappa shape index (κ2) is 4.16. The number of esters is 3. The van der Waals surface area contributed by atoms with Crippen LogP contribution in [0, 0.1) is 23.7 Å². The predicted molar refractivity (Wildman–Crippen MR) is 60.1 cm³/mol. The van der Waals surface area contributed by atoms with E-state index in [0.717, 1.165) is 5.57 Å². The lowest BCUT2D eigenvalue weighted by Gasteiger charge is -2.29. The molecule has 2 saturated heterocycles. The van der Waals surface area contributed by atoms with Crippen LogP contribution in [0.4, 0.5) is 0 Å². The van der Waals surface area contributed by atoms with Crippen molar-refractivity contribution in [2.75, 3.05) is 0 Å². The number of carbonyl (C=O) groups is 3. The summed E-state index contributed by atoms with van der Waals surface area (Å²) in [6.45, 7) is 1.77. The molecule has 5 atom stereocenters. The van der Waals surface area contributed by atoms with Gasteiger partial charge in [-0.25, -0.2) is 0 Å². The summed E-state index contributed by atoms with van der Waals surface area (Å²) >= 11 is 0. The van der Waals surface area contributed by atoms with E-state index in [2.05, 4.69) is 4.74 Å². The van der Waals surface area contributed by atoms with Crippen LogP contribution >= 0.6 is 0 Å². The lowest BCUT2D eigenvalue weighted by molar-refractivity contribution is -0.158. The monoisotopic (exact) mass is 266 g/mol. The minimum absolute atomic E-state index is 0.135. The van der Waals surface area contributed by atoms with Gasteiger partial charge in [-0.3, -0.25) is 14.4 Å². The van der Waals surface area contributed by atoms with Gasteiger partial charge in [0.25, 0.3) is 0 Å². The van der Waals surface area contributed by atoms with Crippen molar-refractivity contribution in [3.8, 4) is 0 Å². The Hall–Kier alpha value is -1.69. The Morgan fingerprint density at radius 1 is 1.26 bits per heavy atom. The molecule has 0 amide bonds. The number of hydrogen-bond acceptors (Lipinski definition) is 6. The van der Waals surface area contributed by atoms with Gasteiger partial charge in [-0.1, -0.05) is 11.6 Å². The van der Waals surface area contributed by atoms with Gasteiger partial charge in [0.05, 0.1) is 18.3 Å². The molecule has 0 saturated carbocycles. The van der Waals surface area contributed by atoms with Crippen molar-refractivity contribution in [1.29, 1.82) is 0 Å². The van der Waals surface area contributed by atoms with Gasteiger partial charge in [-0.2, -0.15) is 0 Å². The molecule has 0 radical (unpaired) electrons. The van der Waals surface area contributed by atoms with E-state index in [1.54, 1.807) is 6.92 Å². The zero-order valence-electron chi connectivity index (χ0n) is 10.4. The maximum absolute atomic E-state index is 11.6. The van der Waals surface area contributed by atoms with Crippen LogP contribution in [0.1, 0.15) is 19.8 Å². The van der Waals surface area contributed by atoms with Gasteiger partial charge in [0, 0.05) is 5.92 Å². The summed E-state index contributed by atoms with van der Waals surface area (Å²) in [5.74, 6) is -2.94. The molecule has 2 aliphatic heterocycles. The second-order valence-electron chi connectivity index (χ2n) is 5.38. The fourth-order valence-electron chi connectivity index (χ4n) is 3.30. The Morgan fingerprint density at radius 2 is 2.00 bits per heavy atom. The highest BCUT2D eigenvalue weighted by Gasteiger charge is 2.50. The zero-order chi connectivity index (χ0) is 13.7. The van der Waals surface area contributed by atoms with Gasteiger partial charge in [0.15, 0.2) is 0 Å². The first-order valence-electron chi connectivity index (χ1n) is 6.28. The summed E-state index contributed by atoms with van der Waals surface area (Å²) in [6.07, 6.45) is 1.27. The van der Waals surface area contributed by atoms with Crippen molar-refractivity contribution in [2.24, 2.45) is 23.7 Å². The van der Waals surface area contributed by atoms with Crippen molar-refractivity contribution >= 4 is 17.9 Å². The molecule has 0 aromatic carbocycles. The molecule has 1 aliphatic carbocycles. The molecule has 6 heteroatoms. The number of ether oxygens (including phenoxy) is 2. The predicted octanol–water partition coefficient (Wildman–Crippen LogP) is 0.150. The number of hydrogen-bond donors (Lipinski definition) is 1. The number of aliphatic hydroxyl groups excluding tert-OH is 1. The maximum Gasteiger partial charge on any atom is 0.321 e. The first-order chi connectivity index (χ1) is 8.97. The number of cyclic esters (lactones) is 3. The second-order valence-corrected chi connectivity index (χ2v) is 5.38. The average molecular weight is 266 g/mol. The topological polar surface area (TPSA) is 89.9 Å². The third-order valence-electron chi connectivity index (χ3n) is 4.22. The Bertz CT molecular complexity index is 493. The van der Waals surface area contributed by atoms with Crippen LogP contribution in [0.25, 0.3) is 0 Å².